The van der Waals surface area contributed by atoms with E-state index in [-0.39, 0.29) is 0 Å². The van der Waals surface area contributed by atoms with Gasteiger partial charge in [-0.25, -0.2) is 9.97 Å². The highest BCUT2D eigenvalue weighted by Crippen LogP contribution is 2.47. The molecule has 7 aromatic carbocycles. The first-order chi connectivity index (χ1) is 24.5. The summed E-state index contributed by atoms with van der Waals surface area (Å²) >= 11 is 0. The number of para-hydroxylation sites is 2. The number of rotatable bonds is 5. The molecule has 0 radical (unpaired) electrons. The highest BCUT2D eigenvalue weighted by Gasteiger charge is 2.30. The van der Waals surface area contributed by atoms with Gasteiger partial charge in [0, 0.05) is 48.6 Å². The third-order valence-corrected chi connectivity index (χ3v) is 13.1. The van der Waals surface area contributed by atoms with Crippen LogP contribution in [0.25, 0.3) is 65.9 Å². The smallest absolute Gasteiger partial charge is 0.171 e. The lowest BCUT2D eigenvalue weighted by molar-refractivity contribution is 0.592. The minimum absolute atomic E-state index is 0.784. The Hall–Kier alpha value is -5.89. The molecule has 9 rings (SSSR count). The average Bonchev–Trinajstić information content (AvgIpc) is 3.19. The van der Waals surface area contributed by atoms with E-state index in [1.54, 1.807) is 0 Å². The van der Waals surface area contributed by atoms with E-state index in [1.165, 1.54) is 16.3 Å². The average molecular weight is 661 g/mol. The number of benzene rings is 7. The summed E-state index contributed by atoms with van der Waals surface area (Å²) in [5.74, 6) is 0. The van der Waals surface area contributed by atoms with E-state index < -0.39 is 7.14 Å². The summed E-state index contributed by atoms with van der Waals surface area (Å²) < 4.78 is 15.5. The summed E-state index contributed by atoms with van der Waals surface area (Å²) in [6.07, 6.45) is 0. The Bertz CT molecular complexity index is 2750. The lowest BCUT2D eigenvalue weighted by Crippen LogP contribution is -2.25. The summed E-state index contributed by atoms with van der Waals surface area (Å²) in [7, 11) is -3.20. The van der Waals surface area contributed by atoms with Crippen LogP contribution in [0.1, 0.15) is 11.1 Å². The maximum Gasteiger partial charge on any atom is 0.171 e. The van der Waals surface area contributed by atoms with Crippen LogP contribution in [-0.4, -0.2) is 9.97 Å². The molecule has 9 aromatic rings. The topological polar surface area (TPSA) is 42.9 Å². The monoisotopic (exact) mass is 660 g/mol. The molecule has 0 saturated carbocycles. The Kier molecular flexibility index (Phi) is 7.19. The third kappa shape index (κ3) is 4.62. The van der Waals surface area contributed by atoms with Gasteiger partial charge in [0.05, 0.1) is 22.4 Å². The van der Waals surface area contributed by atoms with Gasteiger partial charge < -0.3 is 4.57 Å². The van der Waals surface area contributed by atoms with Gasteiger partial charge in [-0.05, 0) is 53.9 Å². The Morgan fingerprint density at radius 1 is 0.400 bits per heavy atom. The summed E-state index contributed by atoms with van der Waals surface area (Å²) in [4.78, 5) is 10.7. The molecule has 0 bridgehead atoms. The van der Waals surface area contributed by atoms with Gasteiger partial charge in [-0.3, -0.25) is 0 Å². The first-order valence-corrected chi connectivity index (χ1v) is 18.7. The molecule has 0 amide bonds. The van der Waals surface area contributed by atoms with E-state index in [1.807, 2.05) is 84.9 Å². The fourth-order valence-corrected chi connectivity index (χ4v) is 10.5. The van der Waals surface area contributed by atoms with Crippen molar-refractivity contribution < 1.29 is 4.57 Å². The standard InChI is InChI=1S/C46H33N2OP/c1-30-42-38-26-13-15-28-40(38)48-46(33-19-16-24-36(29-33)50(49,34-20-8-4-9-21-34)35-22-10-5-11-23-35)44(42)31(2)41-37-25-12-14-27-39(37)47-45(43(30)41)32-17-6-3-7-18-32/h3-29H,1-2H3. The molecular weight excluding hydrogens is 627 g/mol. The van der Waals surface area contributed by atoms with Gasteiger partial charge in [-0.2, -0.15) is 0 Å². The lowest BCUT2D eigenvalue weighted by atomic mass is 9.86. The van der Waals surface area contributed by atoms with E-state index in [2.05, 4.69) is 92.7 Å². The van der Waals surface area contributed by atoms with Gasteiger partial charge in [0.15, 0.2) is 7.14 Å². The van der Waals surface area contributed by atoms with Gasteiger partial charge in [-0.15, -0.1) is 0 Å². The highest BCUT2D eigenvalue weighted by atomic mass is 31.2. The molecule has 4 heteroatoms. The second-order valence-electron chi connectivity index (χ2n) is 12.9. The summed E-state index contributed by atoms with van der Waals surface area (Å²) in [5, 5.41) is 9.26. The number of nitrogens with zero attached hydrogens (tertiary/aromatic N) is 2. The number of pyridine rings is 2. The maximum absolute atomic E-state index is 15.5. The van der Waals surface area contributed by atoms with Gasteiger partial charge in [0.25, 0.3) is 0 Å². The SMILES string of the molecule is Cc1c2c(-c3cccc(P(=O)(c4ccccc4)c4ccccc4)c3)nc3ccccc3c2c(C)c2c(-c3ccccc3)nc3ccccc3c12. The maximum atomic E-state index is 15.5. The number of aromatic nitrogens is 2. The molecule has 0 aliphatic heterocycles. The van der Waals surface area contributed by atoms with Crippen LogP contribution in [0.15, 0.2) is 164 Å². The number of hydrogen-bond donors (Lipinski definition) is 0. The highest BCUT2D eigenvalue weighted by molar-refractivity contribution is 7.85. The second kappa shape index (κ2) is 11.9. The first kappa shape index (κ1) is 30.2. The molecule has 2 heterocycles. The minimum Gasteiger partial charge on any atom is -0.309 e. The van der Waals surface area contributed by atoms with Gasteiger partial charge >= 0.3 is 0 Å². The van der Waals surface area contributed by atoms with E-state index in [9.17, 15) is 0 Å². The molecule has 0 atom stereocenters. The van der Waals surface area contributed by atoms with Crippen LogP contribution in [0.2, 0.25) is 0 Å². The molecule has 0 spiro atoms. The number of aryl methyl sites for hydroxylation is 2. The Balaban J connectivity index is 1.42. The van der Waals surface area contributed by atoms with Crippen molar-refractivity contribution in [2.75, 3.05) is 0 Å². The van der Waals surface area contributed by atoms with E-state index in [0.717, 1.165) is 76.6 Å². The second-order valence-corrected chi connectivity index (χ2v) is 15.7. The fraction of sp³-hybridized carbons (Fsp3) is 0.0435. The Morgan fingerprint density at radius 3 is 1.32 bits per heavy atom. The van der Waals surface area contributed by atoms with Gasteiger partial charge in [0.2, 0.25) is 0 Å². The Morgan fingerprint density at radius 2 is 0.800 bits per heavy atom. The van der Waals surface area contributed by atoms with Crippen molar-refractivity contribution in [3.63, 3.8) is 0 Å². The zero-order chi connectivity index (χ0) is 33.8. The van der Waals surface area contributed by atoms with Crippen molar-refractivity contribution >= 4 is 66.4 Å². The van der Waals surface area contributed by atoms with Crippen molar-refractivity contribution in [3.05, 3.63) is 175 Å². The van der Waals surface area contributed by atoms with Crippen LogP contribution < -0.4 is 15.9 Å². The van der Waals surface area contributed by atoms with Crippen molar-refractivity contribution in [2.24, 2.45) is 0 Å². The van der Waals surface area contributed by atoms with Crippen molar-refractivity contribution in [1.82, 2.24) is 9.97 Å². The molecule has 3 nitrogen and oxygen atoms in total. The van der Waals surface area contributed by atoms with E-state index in [4.69, 9.17) is 9.97 Å². The molecular formula is C46H33N2OP. The molecule has 50 heavy (non-hydrogen) atoms. The van der Waals surface area contributed by atoms with Crippen LogP contribution in [-0.2, 0) is 4.57 Å². The first-order valence-electron chi connectivity index (χ1n) is 17.0. The van der Waals surface area contributed by atoms with Crippen molar-refractivity contribution in [1.29, 1.82) is 0 Å². The van der Waals surface area contributed by atoms with Crippen molar-refractivity contribution in [3.8, 4) is 22.5 Å². The van der Waals surface area contributed by atoms with Crippen LogP contribution >= 0.6 is 7.14 Å². The molecule has 0 aliphatic carbocycles. The number of fused-ring (bicyclic) bond motifs is 6. The molecule has 0 unspecified atom stereocenters. The Labute approximate surface area is 291 Å². The largest absolute Gasteiger partial charge is 0.309 e. The predicted octanol–water partition coefficient (Wildman–Crippen LogP) is 10.7. The molecule has 0 fully saturated rings. The zero-order valence-corrected chi connectivity index (χ0v) is 28.7. The van der Waals surface area contributed by atoms with Crippen LogP contribution in [0.4, 0.5) is 0 Å². The van der Waals surface area contributed by atoms with Gasteiger partial charge in [0.1, 0.15) is 0 Å². The molecule has 238 valence electrons. The quantitative estimate of drug-likeness (QED) is 0.105. The van der Waals surface area contributed by atoms with Crippen LogP contribution in [0.5, 0.6) is 0 Å². The molecule has 0 saturated heterocycles. The lowest BCUT2D eigenvalue weighted by Gasteiger charge is -2.22. The normalized spacial score (nSPS) is 11.9. The summed E-state index contributed by atoms with van der Waals surface area (Å²) in [5.41, 5.74) is 8.12. The van der Waals surface area contributed by atoms with Crippen LogP contribution in [0, 0.1) is 13.8 Å². The van der Waals surface area contributed by atoms with Crippen LogP contribution in [0.3, 0.4) is 0 Å². The predicted molar refractivity (Wildman–Crippen MR) is 212 cm³/mol. The summed E-state index contributed by atoms with van der Waals surface area (Å²) in [6, 6.07) is 55.3. The fourth-order valence-electron chi connectivity index (χ4n) is 7.77. The van der Waals surface area contributed by atoms with Gasteiger partial charge in [-0.1, -0.05) is 146 Å². The minimum atomic E-state index is -3.20. The van der Waals surface area contributed by atoms with E-state index >= 15 is 4.57 Å². The molecule has 0 aliphatic rings. The van der Waals surface area contributed by atoms with E-state index in [0.29, 0.717) is 0 Å². The zero-order valence-electron chi connectivity index (χ0n) is 27.8. The van der Waals surface area contributed by atoms with Crippen molar-refractivity contribution in [2.45, 2.75) is 13.8 Å². The number of hydrogen-bond acceptors (Lipinski definition) is 3. The molecule has 0 N–H and O–H groups in total. The third-order valence-electron chi connectivity index (χ3n) is 10.1. The molecule has 2 aromatic heterocycles. The summed E-state index contributed by atoms with van der Waals surface area (Å²) in [6.45, 7) is 4.46.